The van der Waals surface area contributed by atoms with Crippen molar-refractivity contribution >= 4 is 34.3 Å². The van der Waals surface area contributed by atoms with Gasteiger partial charge in [0.1, 0.15) is 11.6 Å². The summed E-state index contributed by atoms with van der Waals surface area (Å²) >= 11 is 3.04. The first-order chi connectivity index (χ1) is 9.76. The number of thiazole rings is 1. The Morgan fingerprint density at radius 1 is 1.40 bits per heavy atom. The number of allylic oxidation sites excluding steroid dienone is 1. The van der Waals surface area contributed by atoms with Crippen LogP contribution in [-0.4, -0.2) is 15.1 Å². The molecule has 98 valence electrons. The molecule has 3 aromatic heterocycles. The second-order valence-corrected chi connectivity index (χ2v) is 5.87. The van der Waals surface area contributed by atoms with Crippen molar-refractivity contribution in [3.05, 3.63) is 39.5 Å². The quantitative estimate of drug-likeness (QED) is 0.690. The molecule has 3 aromatic rings. The van der Waals surface area contributed by atoms with E-state index in [4.69, 9.17) is 4.52 Å². The number of aromatic nitrogens is 3. The van der Waals surface area contributed by atoms with Crippen LogP contribution in [0.1, 0.15) is 16.6 Å². The van der Waals surface area contributed by atoms with Crippen molar-refractivity contribution in [2.24, 2.45) is 0 Å². The Balaban J connectivity index is 1.95. The van der Waals surface area contributed by atoms with E-state index in [2.05, 4.69) is 21.2 Å². The van der Waals surface area contributed by atoms with Gasteiger partial charge in [-0.15, -0.1) is 22.7 Å². The van der Waals surface area contributed by atoms with Crippen LogP contribution in [0.15, 0.2) is 27.4 Å². The maximum absolute atomic E-state index is 9.22. The standard InChI is InChI=1S/C13H8N4OS2/c1-8-15-10(7-20-8)5-9(6-14)13-16-12(17-18-13)11-3-2-4-19-11/h2-5,7H,1H3/b9-5+. The molecule has 5 nitrogen and oxygen atoms in total. The molecule has 3 rings (SSSR count). The van der Waals surface area contributed by atoms with Gasteiger partial charge in [0.2, 0.25) is 5.82 Å². The third kappa shape index (κ3) is 2.52. The molecule has 0 fully saturated rings. The molecule has 0 atom stereocenters. The van der Waals surface area contributed by atoms with E-state index in [0.29, 0.717) is 11.4 Å². The van der Waals surface area contributed by atoms with Crippen molar-refractivity contribution in [1.82, 2.24) is 15.1 Å². The van der Waals surface area contributed by atoms with Gasteiger partial charge < -0.3 is 4.52 Å². The van der Waals surface area contributed by atoms with Crippen LogP contribution >= 0.6 is 22.7 Å². The molecule has 0 bridgehead atoms. The lowest BCUT2D eigenvalue weighted by Crippen LogP contribution is -1.83. The molecular weight excluding hydrogens is 292 g/mol. The van der Waals surface area contributed by atoms with Crippen LogP contribution in [0.3, 0.4) is 0 Å². The number of hydrogen-bond donors (Lipinski definition) is 0. The van der Waals surface area contributed by atoms with Gasteiger partial charge in [-0.2, -0.15) is 10.2 Å². The summed E-state index contributed by atoms with van der Waals surface area (Å²) in [7, 11) is 0. The fourth-order valence-electron chi connectivity index (χ4n) is 1.57. The highest BCUT2D eigenvalue weighted by Gasteiger charge is 2.13. The van der Waals surface area contributed by atoms with Gasteiger partial charge in [-0.25, -0.2) is 4.98 Å². The molecule has 0 spiro atoms. The summed E-state index contributed by atoms with van der Waals surface area (Å²) in [5, 5.41) is 17.9. The molecule has 0 aromatic carbocycles. The zero-order valence-electron chi connectivity index (χ0n) is 10.4. The van der Waals surface area contributed by atoms with Gasteiger partial charge in [-0.1, -0.05) is 11.2 Å². The van der Waals surface area contributed by atoms with Gasteiger partial charge in [-0.05, 0) is 24.4 Å². The average Bonchev–Trinajstić information content (AvgIpc) is 3.17. The van der Waals surface area contributed by atoms with E-state index in [1.54, 1.807) is 6.08 Å². The molecule has 0 radical (unpaired) electrons. The smallest absolute Gasteiger partial charge is 0.268 e. The van der Waals surface area contributed by atoms with E-state index in [9.17, 15) is 5.26 Å². The molecule has 0 N–H and O–H groups in total. The molecule has 0 aliphatic carbocycles. The maximum atomic E-state index is 9.22. The third-order valence-electron chi connectivity index (χ3n) is 2.45. The summed E-state index contributed by atoms with van der Waals surface area (Å²) in [6, 6.07) is 5.88. The molecule has 0 unspecified atom stereocenters. The largest absolute Gasteiger partial charge is 0.333 e. The maximum Gasteiger partial charge on any atom is 0.268 e. The number of hydrogen-bond acceptors (Lipinski definition) is 7. The predicted molar refractivity (Wildman–Crippen MR) is 77.9 cm³/mol. The van der Waals surface area contributed by atoms with E-state index in [1.165, 1.54) is 22.7 Å². The summed E-state index contributed by atoms with van der Waals surface area (Å²) in [6.07, 6.45) is 1.65. The summed E-state index contributed by atoms with van der Waals surface area (Å²) in [5.74, 6) is 0.701. The Bertz CT molecular complexity index is 793. The zero-order chi connectivity index (χ0) is 13.9. The lowest BCUT2D eigenvalue weighted by molar-refractivity contribution is 0.409. The van der Waals surface area contributed by atoms with E-state index < -0.39 is 0 Å². The van der Waals surface area contributed by atoms with Crippen LogP contribution in [-0.2, 0) is 0 Å². The Morgan fingerprint density at radius 2 is 2.30 bits per heavy atom. The monoisotopic (exact) mass is 300 g/mol. The summed E-state index contributed by atoms with van der Waals surface area (Å²) < 4.78 is 5.15. The van der Waals surface area contributed by atoms with Crippen LogP contribution in [0.4, 0.5) is 0 Å². The molecule has 20 heavy (non-hydrogen) atoms. The van der Waals surface area contributed by atoms with Crippen LogP contribution in [0, 0.1) is 18.3 Å². The van der Waals surface area contributed by atoms with Crippen LogP contribution in [0.5, 0.6) is 0 Å². The highest BCUT2D eigenvalue weighted by Crippen LogP contribution is 2.24. The van der Waals surface area contributed by atoms with Crippen LogP contribution in [0.2, 0.25) is 0 Å². The Morgan fingerprint density at radius 3 is 2.95 bits per heavy atom. The van der Waals surface area contributed by atoms with Crippen molar-refractivity contribution in [2.45, 2.75) is 6.92 Å². The Hall–Kier alpha value is -2.30. The fraction of sp³-hybridized carbons (Fsp3) is 0.0769. The van der Waals surface area contributed by atoms with Crippen molar-refractivity contribution in [3.63, 3.8) is 0 Å². The lowest BCUT2D eigenvalue weighted by atomic mass is 10.2. The normalized spacial score (nSPS) is 11.5. The molecule has 7 heteroatoms. The molecule has 0 saturated heterocycles. The molecule has 0 amide bonds. The highest BCUT2D eigenvalue weighted by atomic mass is 32.1. The van der Waals surface area contributed by atoms with E-state index >= 15 is 0 Å². The second-order valence-electron chi connectivity index (χ2n) is 3.86. The van der Waals surface area contributed by atoms with E-state index in [-0.39, 0.29) is 5.89 Å². The number of nitrogens with zero attached hydrogens (tertiary/aromatic N) is 4. The minimum atomic E-state index is 0.210. The van der Waals surface area contributed by atoms with E-state index in [0.717, 1.165) is 15.6 Å². The van der Waals surface area contributed by atoms with Crippen molar-refractivity contribution < 1.29 is 4.52 Å². The summed E-state index contributed by atoms with van der Waals surface area (Å²) in [6.45, 7) is 1.91. The molecule has 3 heterocycles. The Kier molecular flexibility index (Phi) is 3.41. The van der Waals surface area contributed by atoms with Gasteiger partial charge in [0, 0.05) is 5.38 Å². The highest BCUT2D eigenvalue weighted by molar-refractivity contribution is 7.13. The minimum Gasteiger partial charge on any atom is -0.333 e. The van der Waals surface area contributed by atoms with Gasteiger partial charge in [-0.3, -0.25) is 0 Å². The first-order valence-corrected chi connectivity index (χ1v) is 7.44. The molecular formula is C13H8N4OS2. The van der Waals surface area contributed by atoms with Gasteiger partial charge in [0.25, 0.3) is 5.89 Å². The Labute approximate surface area is 122 Å². The third-order valence-corrected chi connectivity index (χ3v) is 4.10. The fourth-order valence-corrected chi connectivity index (χ4v) is 2.79. The predicted octanol–water partition coefficient (Wildman–Crippen LogP) is 3.63. The van der Waals surface area contributed by atoms with Crippen molar-refractivity contribution in [3.8, 4) is 16.8 Å². The van der Waals surface area contributed by atoms with Gasteiger partial charge in [0.05, 0.1) is 15.6 Å². The van der Waals surface area contributed by atoms with Crippen molar-refractivity contribution in [1.29, 1.82) is 5.26 Å². The summed E-state index contributed by atoms with van der Waals surface area (Å²) in [5.41, 5.74) is 1.03. The lowest BCUT2D eigenvalue weighted by Gasteiger charge is -1.88. The zero-order valence-corrected chi connectivity index (χ0v) is 12.0. The van der Waals surface area contributed by atoms with Crippen molar-refractivity contribution in [2.75, 3.05) is 0 Å². The number of rotatable bonds is 3. The topological polar surface area (TPSA) is 75.6 Å². The molecule has 0 saturated carbocycles. The molecule has 0 aliphatic rings. The van der Waals surface area contributed by atoms with Crippen LogP contribution < -0.4 is 0 Å². The van der Waals surface area contributed by atoms with Gasteiger partial charge >= 0.3 is 0 Å². The van der Waals surface area contributed by atoms with Gasteiger partial charge in [0.15, 0.2) is 0 Å². The molecule has 0 aliphatic heterocycles. The first kappa shape index (κ1) is 12.7. The van der Waals surface area contributed by atoms with Crippen LogP contribution in [0.25, 0.3) is 22.4 Å². The van der Waals surface area contributed by atoms with E-state index in [1.807, 2.05) is 29.8 Å². The number of nitriles is 1. The SMILES string of the molecule is Cc1nc(/C=C(\C#N)c2nc(-c3cccs3)no2)cs1. The first-order valence-electron chi connectivity index (χ1n) is 5.68. The summed E-state index contributed by atoms with van der Waals surface area (Å²) in [4.78, 5) is 9.43. The minimum absolute atomic E-state index is 0.210. The number of thiophene rings is 1. The number of aryl methyl sites for hydroxylation is 1. The average molecular weight is 300 g/mol. The second kappa shape index (κ2) is 5.36.